The van der Waals surface area contributed by atoms with Gasteiger partial charge in [-0.15, -0.1) is 11.3 Å². The molecule has 2 fully saturated rings. The second kappa shape index (κ2) is 18.2. The van der Waals surface area contributed by atoms with Crippen molar-refractivity contribution in [2.45, 2.75) is 82.2 Å². The number of benzene rings is 2. The van der Waals surface area contributed by atoms with E-state index in [1.807, 2.05) is 30.3 Å². The van der Waals surface area contributed by atoms with E-state index >= 15 is 0 Å². The highest BCUT2D eigenvalue weighted by Gasteiger charge is 2.44. The molecule has 14 nitrogen and oxygen atoms in total. The third kappa shape index (κ3) is 10.1. The van der Waals surface area contributed by atoms with Crippen molar-refractivity contribution in [1.82, 2.24) is 24.4 Å². The SMILES string of the molecule is COCc1nc(CN2C(=O)CN([C@H](C(=O)N[C@@H](Cc3ccccc3)[C@H](O)CN(CC3CCCC3)S(=O)(=O)c3ccc(C=NO)cc3)C(C)C)C2=O)cs1. The Kier molecular flexibility index (Phi) is 13.7. The van der Waals surface area contributed by atoms with Gasteiger partial charge in [-0.2, -0.15) is 4.31 Å². The highest BCUT2D eigenvalue weighted by atomic mass is 32.2. The van der Waals surface area contributed by atoms with Crippen LogP contribution in [0.4, 0.5) is 4.79 Å². The number of carbonyl (C=O) groups excluding carboxylic acids is 3. The minimum absolute atomic E-state index is 0.0237. The summed E-state index contributed by atoms with van der Waals surface area (Å²) in [6, 6.07) is 12.5. The van der Waals surface area contributed by atoms with Crippen molar-refractivity contribution in [3.63, 3.8) is 0 Å². The Morgan fingerprint density at radius 1 is 1.13 bits per heavy atom. The molecular formula is C37H48N6O8S2. The molecule has 5 rings (SSSR count). The van der Waals surface area contributed by atoms with Crippen LogP contribution in [0.1, 0.15) is 61.4 Å². The number of imide groups is 1. The van der Waals surface area contributed by atoms with Crippen molar-refractivity contribution < 1.29 is 37.9 Å². The lowest BCUT2D eigenvalue weighted by Gasteiger charge is -2.34. The van der Waals surface area contributed by atoms with Gasteiger partial charge in [0.1, 0.15) is 17.6 Å². The van der Waals surface area contributed by atoms with Crippen LogP contribution in [-0.4, -0.2) is 107 Å². The molecule has 53 heavy (non-hydrogen) atoms. The minimum atomic E-state index is -4.09. The lowest BCUT2D eigenvalue weighted by Crippen LogP contribution is -2.57. The number of nitrogens with one attached hydrogen (secondary N) is 1. The molecule has 1 aliphatic heterocycles. The molecule has 0 spiro atoms. The van der Waals surface area contributed by atoms with E-state index in [1.54, 1.807) is 26.3 Å². The van der Waals surface area contributed by atoms with Gasteiger partial charge in [-0.3, -0.25) is 14.5 Å². The number of rotatable bonds is 18. The summed E-state index contributed by atoms with van der Waals surface area (Å²) in [5, 5.41) is 29.2. The quantitative estimate of drug-likeness (QED) is 0.0750. The maximum atomic E-state index is 14.2. The molecular weight excluding hydrogens is 721 g/mol. The Morgan fingerprint density at radius 3 is 2.47 bits per heavy atom. The maximum Gasteiger partial charge on any atom is 0.328 e. The Hall–Kier alpha value is -4.22. The van der Waals surface area contributed by atoms with E-state index in [9.17, 15) is 27.9 Å². The van der Waals surface area contributed by atoms with E-state index in [-0.39, 0.29) is 43.4 Å². The molecule has 1 aromatic heterocycles. The Balaban J connectivity index is 1.38. The number of nitrogens with zero attached hydrogens (tertiary/aromatic N) is 5. The van der Waals surface area contributed by atoms with Gasteiger partial charge in [0.25, 0.3) is 5.91 Å². The molecule has 1 saturated heterocycles. The number of methoxy groups -OCH3 is 1. The summed E-state index contributed by atoms with van der Waals surface area (Å²) in [5.41, 5.74) is 1.85. The van der Waals surface area contributed by atoms with Gasteiger partial charge in [-0.05, 0) is 54.4 Å². The molecule has 2 heterocycles. The predicted molar refractivity (Wildman–Crippen MR) is 199 cm³/mol. The van der Waals surface area contributed by atoms with E-state index in [2.05, 4.69) is 15.5 Å². The van der Waals surface area contributed by atoms with Gasteiger partial charge in [-0.1, -0.05) is 74.3 Å². The molecule has 3 aromatic rings. The average molecular weight is 769 g/mol. The minimum Gasteiger partial charge on any atom is -0.411 e. The molecule has 2 aromatic carbocycles. The van der Waals surface area contributed by atoms with E-state index < -0.39 is 52.0 Å². The van der Waals surface area contributed by atoms with Crippen LogP contribution in [0.3, 0.4) is 0 Å². The fourth-order valence-electron chi connectivity index (χ4n) is 6.96. The summed E-state index contributed by atoms with van der Waals surface area (Å²) < 4.78 is 34.7. The summed E-state index contributed by atoms with van der Waals surface area (Å²) >= 11 is 1.36. The number of hydrogen-bond donors (Lipinski definition) is 3. The first-order valence-electron chi connectivity index (χ1n) is 17.7. The van der Waals surface area contributed by atoms with E-state index in [1.165, 1.54) is 51.0 Å². The number of aliphatic hydroxyl groups excluding tert-OH is 1. The van der Waals surface area contributed by atoms with Crippen LogP contribution < -0.4 is 5.32 Å². The first-order valence-corrected chi connectivity index (χ1v) is 20.1. The summed E-state index contributed by atoms with van der Waals surface area (Å²) in [6.45, 7) is 3.42. The molecule has 2 aliphatic rings. The second-order valence-electron chi connectivity index (χ2n) is 13.9. The van der Waals surface area contributed by atoms with Crippen molar-refractivity contribution >= 4 is 45.4 Å². The van der Waals surface area contributed by atoms with Gasteiger partial charge < -0.3 is 25.3 Å². The highest BCUT2D eigenvalue weighted by Crippen LogP contribution is 2.29. The Bertz CT molecular complexity index is 1830. The molecule has 0 bridgehead atoms. The van der Waals surface area contributed by atoms with Gasteiger partial charge in [0.2, 0.25) is 15.9 Å². The normalized spacial score (nSPS) is 17.4. The zero-order chi connectivity index (χ0) is 38.1. The first-order chi connectivity index (χ1) is 25.4. The van der Waals surface area contributed by atoms with Crippen molar-refractivity contribution in [2.24, 2.45) is 17.0 Å². The largest absolute Gasteiger partial charge is 0.411 e. The molecule has 0 unspecified atom stereocenters. The fraction of sp³-hybridized carbons (Fsp3) is 0.486. The molecule has 0 radical (unpaired) electrons. The number of oxime groups is 1. The smallest absolute Gasteiger partial charge is 0.328 e. The van der Waals surface area contributed by atoms with Crippen LogP contribution in [0.5, 0.6) is 0 Å². The predicted octanol–water partition coefficient (Wildman–Crippen LogP) is 3.86. The molecule has 4 amide bonds. The van der Waals surface area contributed by atoms with E-state index in [0.717, 1.165) is 36.1 Å². The summed E-state index contributed by atoms with van der Waals surface area (Å²) in [7, 11) is -2.54. The van der Waals surface area contributed by atoms with Crippen molar-refractivity contribution in [3.8, 4) is 0 Å². The standard InChI is InChI=1S/C37H48N6O8S2/c1-25(2)35(43-22-34(45)42(37(43)47)20-29-24-52-33(39-29)23-51-3)36(46)40-31(17-26-9-5-4-6-10-26)32(44)21-41(19-28-11-7-8-12-28)53(49,50)30-15-13-27(14-16-30)18-38-48/h4-6,9-10,13-16,18,24-25,28,31-32,35,44,48H,7-8,11-12,17,19-23H2,1-3H3,(H,40,46)/t31-,32+,35-/m0/s1. The molecule has 286 valence electrons. The van der Waals surface area contributed by atoms with Crippen LogP contribution in [0.15, 0.2) is 70.0 Å². The van der Waals surface area contributed by atoms with Crippen LogP contribution >= 0.6 is 11.3 Å². The number of thiazole rings is 1. The summed E-state index contributed by atoms with van der Waals surface area (Å²) in [6.07, 6.45) is 3.75. The monoisotopic (exact) mass is 768 g/mol. The number of aromatic nitrogens is 1. The first kappa shape index (κ1) is 40.0. The lowest BCUT2D eigenvalue weighted by molar-refractivity contribution is -0.129. The number of aliphatic hydroxyl groups is 1. The third-order valence-electron chi connectivity index (χ3n) is 9.65. The van der Waals surface area contributed by atoms with E-state index in [4.69, 9.17) is 9.94 Å². The number of hydrogen-bond acceptors (Lipinski definition) is 11. The average Bonchev–Trinajstić information content (AvgIpc) is 3.87. The number of ether oxygens (including phenoxy) is 1. The number of urea groups is 1. The molecule has 3 atom stereocenters. The maximum absolute atomic E-state index is 14.2. The third-order valence-corrected chi connectivity index (χ3v) is 12.4. The number of carbonyl (C=O) groups is 3. The van der Waals surface area contributed by atoms with Gasteiger partial charge in [0.05, 0.1) is 42.1 Å². The van der Waals surface area contributed by atoms with Crippen LogP contribution in [0.2, 0.25) is 0 Å². The van der Waals surface area contributed by atoms with Crippen LogP contribution in [-0.2, 0) is 43.9 Å². The van der Waals surface area contributed by atoms with Crippen molar-refractivity contribution in [3.05, 3.63) is 81.8 Å². The van der Waals surface area contributed by atoms with Gasteiger partial charge in [0.15, 0.2) is 0 Å². The van der Waals surface area contributed by atoms with Gasteiger partial charge in [0, 0.05) is 25.6 Å². The zero-order valence-corrected chi connectivity index (χ0v) is 31.8. The van der Waals surface area contributed by atoms with Gasteiger partial charge in [-0.25, -0.2) is 18.2 Å². The highest BCUT2D eigenvalue weighted by molar-refractivity contribution is 7.89. The summed E-state index contributed by atoms with van der Waals surface area (Å²) in [5.74, 6) is -1.32. The lowest BCUT2D eigenvalue weighted by atomic mass is 9.97. The molecule has 16 heteroatoms. The van der Waals surface area contributed by atoms with Crippen molar-refractivity contribution in [1.29, 1.82) is 0 Å². The topological polar surface area (TPSA) is 182 Å². The second-order valence-corrected chi connectivity index (χ2v) is 16.8. The number of amides is 4. The number of sulfonamides is 1. The molecule has 1 saturated carbocycles. The van der Waals surface area contributed by atoms with E-state index in [0.29, 0.717) is 22.9 Å². The Morgan fingerprint density at radius 2 is 1.83 bits per heavy atom. The molecule has 1 aliphatic carbocycles. The Labute approximate surface area is 314 Å². The fourth-order valence-corrected chi connectivity index (χ4v) is 9.25. The van der Waals surface area contributed by atoms with Gasteiger partial charge >= 0.3 is 6.03 Å². The van der Waals surface area contributed by atoms with Crippen LogP contribution in [0, 0.1) is 11.8 Å². The van der Waals surface area contributed by atoms with Crippen molar-refractivity contribution in [2.75, 3.05) is 26.7 Å². The zero-order valence-electron chi connectivity index (χ0n) is 30.2. The molecule has 3 N–H and O–H groups in total. The summed E-state index contributed by atoms with van der Waals surface area (Å²) in [4.78, 5) is 47.8. The van der Waals surface area contributed by atoms with Crippen LogP contribution in [0.25, 0.3) is 0 Å².